The highest BCUT2D eigenvalue weighted by Crippen LogP contribution is 2.30. The molecule has 118 valence electrons. The van der Waals surface area contributed by atoms with Gasteiger partial charge in [0.15, 0.2) is 0 Å². The molecule has 0 aliphatic heterocycles. The number of amides is 1. The molecule has 21 heavy (non-hydrogen) atoms. The van der Waals surface area contributed by atoms with Crippen molar-refractivity contribution in [2.75, 3.05) is 0 Å². The monoisotopic (exact) mass is 349 g/mol. The first-order chi connectivity index (χ1) is 9.79. The average Bonchev–Trinajstić information content (AvgIpc) is 2.66. The van der Waals surface area contributed by atoms with Crippen molar-refractivity contribution >= 4 is 37.0 Å². The van der Waals surface area contributed by atoms with Crippen LogP contribution in [0.25, 0.3) is 0 Å². The normalized spacial score (nSPS) is 23.6. The first-order valence-corrected chi connectivity index (χ1v) is 10.3. The Labute approximate surface area is 134 Å². The fraction of sp³-hybridized carbons (Fsp3) is 0.643. The number of thiophene rings is 1. The van der Waals surface area contributed by atoms with Crippen LogP contribution in [0.3, 0.4) is 0 Å². The molecule has 1 fully saturated rings. The zero-order chi connectivity index (χ0) is 15.6. The average molecular weight is 350 g/mol. The molecule has 0 bridgehead atoms. The number of hydrogen-bond donors (Lipinski definition) is 1. The number of halogens is 1. The largest absolute Gasteiger partial charge is 0.349 e. The van der Waals surface area contributed by atoms with E-state index in [1.165, 1.54) is 6.42 Å². The third kappa shape index (κ3) is 4.20. The van der Waals surface area contributed by atoms with Gasteiger partial charge in [0.1, 0.15) is 4.21 Å². The van der Waals surface area contributed by atoms with E-state index in [4.69, 9.17) is 10.7 Å². The van der Waals surface area contributed by atoms with Crippen LogP contribution in [-0.2, 0) is 9.05 Å². The number of nitrogens with one attached hydrogen (secondary N) is 1. The first kappa shape index (κ1) is 16.8. The molecule has 0 radical (unpaired) electrons. The van der Waals surface area contributed by atoms with Gasteiger partial charge in [-0.05, 0) is 37.7 Å². The Kier molecular flexibility index (Phi) is 5.33. The predicted octanol–water partition coefficient (Wildman–Crippen LogP) is 3.68. The Morgan fingerprint density at radius 3 is 2.67 bits per heavy atom. The van der Waals surface area contributed by atoms with Gasteiger partial charge in [0.25, 0.3) is 15.0 Å². The second-order valence-electron chi connectivity index (χ2n) is 5.78. The number of carbonyl (C=O) groups excluding carboxylic acids is 1. The third-order valence-electron chi connectivity index (χ3n) is 4.05. The van der Waals surface area contributed by atoms with Crippen LogP contribution in [-0.4, -0.2) is 20.4 Å². The van der Waals surface area contributed by atoms with Crippen LogP contribution >= 0.6 is 22.0 Å². The van der Waals surface area contributed by atoms with Gasteiger partial charge in [-0.15, -0.1) is 11.3 Å². The van der Waals surface area contributed by atoms with E-state index in [9.17, 15) is 13.2 Å². The predicted molar refractivity (Wildman–Crippen MR) is 85.6 cm³/mol. The van der Waals surface area contributed by atoms with Gasteiger partial charge in [0.2, 0.25) is 0 Å². The summed E-state index contributed by atoms with van der Waals surface area (Å²) in [7, 11) is 1.58. The van der Waals surface area contributed by atoms with Gasteiger partial charge in [-0.25, -0.2) is 8.42 Å². The highest BCUT2D eigenvalue weighted by molar-refractivity contribution is 8.15. The lowest BCUT2D eigenvalue weighted by Gasteiger charge is -2.16. The highest BCUT2D eigenvalue weighted by atomic mass is 35.7. The lowest BCUT2D eigenvalue weighted by Crippen LogP contribution is -2.34. The summed E-state index contributed by atoms with van der Waals surface area (Å²) in [5.74, 6) is 0.512. The molecule has 2 rings (SSSR count). The summed E-state index contributed by atoms with van der Waals surface area (Å²) in [6.45, 7) is 3.86. The molecule has 1 N–H and O–H groups in total. The minimum atomic E-state index is -3.78. The van der Waals surface area contributed by atoms with Crippen LogP contribution in [0.2, 0.25) is 0 Å². The van der Waals surface area contributed by atoms with Crippen molar-refractivity contribution < 1.29 is 13.2 Å². The summed E-state index contributed by atoms with van der Waals surface area (Å²) in [6, 6.07) is 0.179. The molecule has 0 saturated heterocycles. The Morgan fingerprint density at radius 1 is 1.33 bits per heavy atom. The summed E-state index contributed by atoms with van der Waals surface area (Å²) in [5.41, 5.74) is 0.853. The van der Waals surface area contributed by atoms with Crippen molar-refractivity contribution in [1.82, 2.24) is 5.32 Å². The SMILES string of the molecule is Cc1c(C(=O)NC2CCCC(C)CC2)csc1S(=O)(=O)Cl. The van der Waals surface area contributed by atoms with Crippen molar-refractivity contribution in [2.45, 2.75) is 56.2 Å². The lowest BCUT2D eigenvalue weighted by molar-refractivity contribution is 0.0933. The molecule has 7 heteroatoms. The summed E-state index contributed by atoms with van der Waals surface area (Å²) < 4.78 is 22.9. The van der Waals surface area contributed by atoms with Crippen LogP contribution in [0.1, 0.15) is 54.9 Å². The van der Waals surface area contributed by atoms with Gasteiger partial charge >= 0.3 is 0 Å². The zero-order valence-electron chi connectivity index (χ0n) is 12.2. The molecule has 2 atom stereocenters. The Bertz CT molecular complexity index is 624. The van der Waals surface area contributed by atoms with Crippen molar-refractivity contribution in [2.24, 2.45) is 5.92 Å². The van der Waals surface area contributed by atoms with Crippen LogP contribution < -0.4 is 5.32 Å². The molecule has 1 aliphatic rings. The zero-order valence-corrected chi connectivity index (χ0v) is 14.6. The number of carbonyl (C=O) groups is 1. The van der Waals surface area contributed by atoms with Gasteiger partial charge in [-0.2, -0.15) is 0 Å². The van der Waals surface area contributed by atoms with Gasteiger partial charge in [-0.1, -0.05) is 19.8 Å². The minimum absolute atomic E-state index is 0.0591. The van der Waals surface area contributed by atoms with Crippen molar-refractivity contribution in [3.63, 3.8) is 0 Å². The second-order valence-corrected chi connectivity index (χ2v) is 9.42. The number of hydrogen-bond acceptors (Lipinski definition) is 4. The maximum absolute atomic E-state index is 12.3. The van der Waals surface area contributed by atoms with E-state index in [0.29, 0.717) is 17.0 Å². The second kappa shape index (κ2) is 6.67. The van der Waals surface area contributed by atoms with Gasteiger partial charge in [-0.3, -0.25) is 4.79 Å². The molecular weight excluding hydrogens is 330 g/mol. The quantitative estimate of drug-likeness (QED) is 0.668. The topological polar surface area (TPSA) is 63.2 Å². The summed E-state index contributed by atoms with van der Waals surface area (Å²) >= 11 is 0.997. The van der Waals surface area contributed by atoms with Crippen molar-refractivity contribution in [1.29, 1.82) is 0 Å². The number of rotatable bonds is 3. The first-order valence-electron chi connectivity index (χ1n) is 7.12. The van der Waals surface area contributed by atoms with Crippen molar-refractivity contribution in [3.05, 3.63) is 16.5 Å². The maximum Gasteiger partial charge on any atom is 0.271 e. The van der Waals surface area contributed by atoms with E-state index in [1.807, 2.05) is 0 Å². The van der Waals surface area contributed by atoms with Gasteiger partial charge < -0.3 is 5.32 Å². The molecule has 1 aromatic rings. The fourth-order valence-electron chi connectivity index (χ4n) is 2.76. The van der Waals surface area contributed by atoms with Gasteiger partial charge in [0.05, 0.1) is 5.56 Å². The fourth-order valence-corrected chi connectivity index (χ4v) is 5.31. The molecule has 0 spiro atoms. The van der Waals surface area contributed by atoms with Gasteiger partial charge in [0, 0.05) is 22.1 Å². The molecule has 0 aromatic carbocycles. The van der Waals surface area contributed by atoms with Crippen molar-refractivity contribution in [3.8, 4) is 0 Å². The summed E-state index contributed by atoms with van der Waals surface area (Å²) in [4.78, 5) is 12.3. The Hall–Kier alpha value is -0.590. The smallest absolute Gasteiger partial charge is 0.271 e. The van der Waals surface area contributed by atoms with E-state index in [1.54, 1.807) is 12.3 Å². The van der Waals surface area contributed by atoms with Crippen LogP contribution in [0.15, 0.2) is 9.59 Å². The molecule has 4 nitrogen and oxygen atoms in total. The molecule has 2 unspecified atom stereocenters. The molecule has 1 amide bonds. The van der Waals surface area contributed by atoms with Crippen LogP contribution in [0.5, 0.6) is 0 Å². The van der Waals surface area contributed by atoms with E-state index < -0.39 is 9.05 Å². The Balaban J connectivity index is 2.09. The molecule has 1 aliphatic carbocycles. The molecular formula is C14H20ClNO3S2. The van der Waals surface area contributed by atoms with E-state index in [-0.39, 0.29) is 16.2 Å². The van der Waals surface area contributed by atoms with Crippen LogP contribution in [0.4, 0.5) is 0 Å². The molecule has 1 aromatic heterocycles. The summed E-state index contributed by atoms with van der Waals surface area (Å²) in [6.07, 6.45) is 5.42. The lowest BCUT2D eigenvalue weighted by atomic mass is 10.0. The maximum atomic E-state index is 12.3. The molecule has 1 heterocycles. The van der Waals surface area contributed by atoms with E-state index in [2.05, 4.69) is 12.2 Å². The highest BCUT2D eigenvalue weighted by Gasteiger charge is 2.24. The van der Waals surface area contributed by atoms with Crippen LogP contribution in [0, 0.1) is 12.8 Å². The minimum Gasteiger partial charge on any atom is -0.349 e. The summed E-state index contributed by atoms with van der Waals surface area (Å²) in [5, 5.41) is 4.60. The Morgan fingerprint density at radius 2 is 2.05 bits per heavy atom. The third-order valence-corrected chi connectivity index (χ3v) is 7.36. The van der Waals surface area contributed by atoms with E-state index in [0.717, 1.165) is 37.0 Å². The standard InChI is InChI=1S/C14H20ClNO3S2/c1-9-4-3-5-11(7-6-9)16-13(17)12-8-20-14(10(12)2)21(15,18)19/h8-9,11H,3-7H2,1-2H3,(H,16,17). The molecule has 1 saturated carbocycles. The van der Waals surface area contributed by atoms with E-state index >= 15 is 0 Å².